The van der Waals surface area contributed by atoms with Gasteiger partial charge in [-0.3, -0.25) is 9.48 Å². The van der Waals surface area contributed by atoms with E-state index in [4.69, 9.17) is 4.74 Å². The van der Waals surface area contributed by atoms with E-state index in [2.05, 4.69) is 10.4 Å². The third-order valence-corrected chi connectivity index (χ3v) is 3.96. The zero-order valence-corrected chi connectivity index (χ0v) is 13.2. The van der Waals surface area contributed by atoms with Crippen LogP contribution in [0.15, 0.2) is 30.6 Å². The van der Waals surface area contributed by atoms with Crippen molar-refractivity contribution in [3.63, 3.8) is 0 Å². The van der Waals surface area contributed by atoms with Crippen LogP contribution < -0.4 is 5.32 Å². The molecule has 1 aliphatic heterocycles. The molecule has 0 spiro atoms. The number of halogens is 2. The molecule has 1 aliphatic rings. The van der Waals surface area contributed by atoms with Gasteiger partial charge in [-0.25, -0.2) is 8.78 Å². The van der Waals surface area contributed by atoms with Crippen LogP contribution in [0.3, 0.4) is 0 Å². The predicted molar refractivity (Wildman–Crippen MR) is 84.5 cm³/mol. The highest BCUT2D eigenvalue weighted by Crippen LogP contribution is 2.16. The highest BCUT2D eigenvalue weighted by Gasteiger charge is 2.16. The third-order valence-electron chi connectivity index (χ3n) is 3.96. The maximum Gasteiger partial charge on any atom is 0.224 e. The van der Waals surface area contributed by atoms with E-state index in [1.807, 2.05) is 0 Å². The Hall–Kier alpha value is -2.28. The summed E-state index contributed by atoms with van der Waals surface area (Å²) in [6.07, 6.45) is 5.76. The van der Waals surface area contributed by atoms with Gasteiger partial charge >= 0.3 is 0 Å². The van der Waals surface area contributed by atoms with Crippen LogP contribution in [-0.4, -0.2) is 28.4 Å². The van der Waals surface area contributed by atoms with Crippen molar-refractivity contribution in [1.82, 2.24) is 9.78 Å². The zero-order valence-electron chi connectivity index (χ0n) is 13.2. The minimum atomic E-state index is -0.512. The predicted octanol–water partition coefficient (Wildman–Crippen LogP) is 2.91. The number of hydrogen-bond acceptors (Lipinski definition) is 3. The Kier molecular flexibility index (Phi) is 5.20. The number of nitrogens with zero attached hydrogens (tertiary/aromatic N) is 2. The molecule has 128 valence electrons. The summed E-state index contributed by atoms with van der Waals surface area (Å²) in [5, 5.41) is 6.90. The number of aryl methyl sites for hydroxylation is 1. The van der Waals surface area contributed by atoms with Crippen molar-refractivity contribution in [2.45, 2.75) is 38.3 Å². The number of carbonyl (C=O) groups is 1. The van der Waals surface area contributed by atoms with Gasteiger partial charge in [0.1, 0.15) is 11.6 Å². The molecule has 2 aromatic rings. The molecule has 0 unspecified atom stereocenters. The van der Waals surface area contributed by atoms with E-state index < -0.39 is 11.6 Å². The topological polar surface area (TPSA) is 56.2 Å². The summed E-state index contributed by atoms with van der Waals surface area (Å²) >= 11 is 0. The molecule has 1 amide bonds. The molecule has 0 saturated carbocycles. The molecular formula is C17H19F2N3O2. The van der Waals surface area contributed by atoms with E-state index in [-0.39, 0.29) is 30.4 Å². The summed E-state index contributed by atoms with van der Waals surface area (Å²) in [4.78, 5) is 11.9. The second kappa shape index (κ2) is 7.53. The molecule has 3 rings (SSSR count). The Morgan fingerprint density at radius 3 is 3.08 bits per heavy atom. The molecule has 5 nitrogen and oxygen atoms in total. The fourth-order valence-corrected chi connectivity index (χ4v) is 2.73. The quantitative estimate of drug-likeness (QED) is 0.883. The van der Waals surface area contributed by atoms with Gasteiger partial charge in [0.2, 0.25) is 5.91 Å². The van der Waals surface area contributed by atoms with Crippen molar-refractivity contribution in [3.8, 4) is 0 Å². The number of hydrogen-bond donors (Lipinski definition) is 1. The second-order valence-electron chi connectivity index (χ2n) is 5.87. The molecule has 1 fully saturated rings. The van der Waals surface area contributed by atoms with Gasteiger partial charge in [-0.05, 0) is 43.0 Å². The fraction of sp³-hybridized carbons (Fsp3) is 0.412. The van der Waals surface area contributed by atoms with E-state index >= 15 is 0 Å². The number of nitrogens with one attached hydrogen (secondary N) is 1. The number of rotatable bonds is 6. The molecule has 1 aromatic carbocycles. The van der Waals surface area contributed by atoms with Gasteiger partial charge in [-0.15, -0.1) is 0 Å². The van der Waals surface area contributed by atoms with Crippen LogP contribution in [0.4, 0.5) is 14.5 Å². The first-order chi connectivity index (χ1) is 11.6. The second-order valence-corrected chi connectivity index (χ2v) is 5.87. The maximum absolute atomic E-state index is 13.5. The Morgan fingerprint density at radius 1 is 1.42 bits per heavy atom. The highest BCUT2D eigenvalue weighted by molar-refractivity contribution is 5.90. The van der Waals surface area contributed by atoms with E-state index in [0.29, 0.717) is 12.2 Å². The van der Waals surface area contributed by atoms with Crippen molar-refractivity contribution in [1.29, 1.82) is 0 Å². The van der Waals surface area contributed by atoms with E-state index in [1.54, 1.807) is 17.1 Å². The number of benzene rings is 1. The highest BCUT2D eigenvalue weighted by atomic mass is 19.1. The summed E-state index contributed by atoms with van der Waals surface area (Å²) in [6, 6.07) is 3.24. The minimum absolute atomic E-state index is 0.0668. The van der Waals surface area contributed by atoms with Crippen molar-refractivity contribution in [3.05, 3.63) is 47.8 Å². The molecule has 2 heterocycles. The largest absolute Gasteiger partial charge is 0.376 e. The van der Waals surface area contributed by atoms with Gasteiger partial charge < -0.3 is 10.1 Å². The van der Waals surface area contributed by atoms with Crippen LogP contribution in [0.2, 0.25) is 0 Å². The first-order valence-corrected chi connectivity index (χ1v) is 7.98. The first kappa shape index (κ1) is 16.6. The number of ether oxygens (including phenoxy) is 1. The lowest BCUT2D eigenvalue weighted by atomic mass is 10.1. The number of anilines is 1. The minimum Gasteiger partial charge on any atom is -0.376 e. The smallest absolute Gasteiger partial charge is 0.224 e. The molecule has 1 atom stereocenters. The molecule has 7 heteroatoms. The monoisotopic (exact) mass is 335 g/mol. The summed E-state index contributed by atoms with van der Waals surface area (Å²) in [5.41, 5.74) is 0.775. The molecule has 1 N–H and O–H groups in total. The SMILES string of the molecule is O=C(CCc1cc(F)ccc1F)Nc1cnn(C[C@@H]2CCCO2)c1. The maximum atomic E-state index is 13.5. The summed E-state index contributed by atoms with van der Waals surface area (Å²) in [5.74, 6) is -1.29. The Balaban J connectivity index is 1.49. The molecule has 1 saturated heterocycles. The van der Waals surface area contributed by atoms with Crippen LogP contribution in [-0.2, 0) is 22.5 Å². The molecule has 1 aromatic heterocycles. The Bertz CT molecular complexity index is 712. The average Bonchev–Trinajstić information content (AvgIpc) is 3.21. The Labute approximate surface area is 138 Å². The normalized spacial score (nSPS) is 17.2. The van der Waals surface area contributed by atoms with Crippen molar-refractivity contribution in [2.24, 2.45) is 0 Å². The molecule has 0 radical (unpaired) electrons. The lowest BCUT2D eigenvalue weighted by Crippen LogP contribution is -2.15. The van der Waals surface area contributed by atoms with Crippen LogP contribution in [0.1, 0.15) is 24.8 Å². The van der Waals surface area contributed by atoms with Crippen LogP contribution in [0, 0.1) is 11.6 Å². The van der Waals surface area contributed by atoms with Gasteiger partial charge in [-0.1, -0.05) is 0 Å². The van der Waals surface area contributed by atoms with E-state index in [1.165, 1.54) is 0 Å². The number of carbonyl (C=O) groups excluding carboxylic acids is 1. The Morgan fingerprint density at radius 2 is 2.29 bits per heavy atom. The summed E-state index contributed by atoms with van der Waals surface area (Å²) < 4.78 is 33.9. The summed E-state index contributed by atoms with van der Waals surface area (Å²) in [7, 11) is 0. The zero-order chi connectivity index (χ0) is 16.9. The number of aromatic nitrogens is 2. The van der Waals surface area contributed by atoms with Gasteiger partial charge in [-0.2, -0.15) is 5.10 Å². The summed E-state index contributed by atoms with van der Waals surface area (Å²) in [6.45, 7) is 1.44. The first-order valence-electron chi connectivity index (χ1n) is 7.98. The standard InChI is InChI=1S/C17H19F2N3O2/c18-13-4-5-16(19)12(8-13)3-6-17(23)21-14-9-20-22(10-14)11-15-2-1-7-24-15/h4-5,8-10,15H,1-3,6-7,11H2,(H,21,23)/t15-/m0/s1. The van der Waals surface area contributed by atoms with Crippen molar-refractivity contribution in [2.75, 3.05) is 11.9 Å². The average molecular weight is 335 g/mol. The lowest BCUT2D eigenvalue weighted by molar-refractivity contribution is -0.116. The molecule has 0 bridgehead atoms. The number of amides is 1. The van der Waals surface area contributed by atoms with Gasteiger partial charge in [0.15, 0.2) is 0 Å². The van der Waals surface area contributed by atoms with Crippen LogP contribution in [0.5, 0.6) is 0 Å². The molecule has 24 heavy (non-hydrogen) atoms. The van der Waals surface area contributed by atoms with Gasteiger partial charge in [0.25, 0.3) is 0 Å². The van der Waals surface area contributed by atoms with Crippen molar-refractivity contribution < 1.29 is 18.3 Å². The van der Waals surface area contributed by atoms with Gasteiger partial charge in [0, 0.05) is 19.2 Å². The molecule has 0 aliphatic carbocycles. The third kappa shape index (κ3) is 4.38. The van der Waals surface area contributed by atoms with Crippen LogP contribution >= 0.6 is 0 Å². The fourth-order valence-electron chi connectivity index (χ4n) is 2.73. The molecular weight excluding hydrogens is 316 g/mol. The van der Waals surface area contributed by atoms with Crippen LogP contribution in [0.25, 0.3) is 0 Å². The lowest BCUT2D eigenvalue weighted by Gasteiger charge is -2.08. The van der Waals surface area contributed by atoms with Gasteiger partial charge in [0.05, 0.1) is 24.5 Å². The van der Waals surface area contributed by atoms with Crippen molar-refractivity contribution >= 4 is 11.6 Å². The van der Waals surface area contributed by atoms with E-state index in [0.717, 1.165) is 37.6 Å². The van der Waals surface area contributed by atoms with E-state index in [9.17, 15) is 13.6 Å².